The fraction of sp³-hybridized carbons (Fsp3) is 0.143. The molecule has 2 radical (unpaired) electrons. The van der Waals surface area contributed by atoms with Crippen LogP contribution < -0.4 is 5.46 Å². The summed E-state index contributed by atoms with van der Waals surface area (Å²) in [6.07, 6.45) is 0. The highest BCUT2D eigenvalue weighted by molar-refractivity contribution is 6.32. The Kier molecular flexibility index (Phi) is 2.21. The van der Waals surface area contributed by atoms with Crippen molar-refractivity contribution in [2.75, 3.05) is 0 Å². The van der Waals surface area contributed by atoms with Gasteiger partial charge in [0.1, 0.15) is 14.4 Å². The Balaban J connectivity index is 2.78. The van der Waals surface area contributed by atoms with Crippen molar-refractivity contribution in [3.63, 3.8) is 0 Å². The van der Waals surface area contributed by atoms with Crippen LogP contribution in [0.25, 0.3) is 0 Å². The summed E-state index contributed by atoms with van der Waals surface area (Å²) in [5.74, 6) is 0. The molecule has 2 nitrogen and oxygen atoms in total. The first-order valence-corrected chi connectivity index (χ1v) is 2.96. The van der Waals surface area contributed by atoms with E-state index in [4.69, 9.17) is 7.85 Å². The molecule has 0 saturated heterocycles. The molecule has 0 saturated carbocycles. The largest absolute Gasteiger partial charge is 0.150 e. The minimum Gasteiger partial charge on any atom is -0.150 e. The van der Waals surface area contributed by atoms with E-state index in [9.17, 15) is 4.91 Å². The molecule has 0 heterocycles. The van der Waals surface area contributed by atoms with Crippen LogP contribution >= 0.6 is 0 Å². The molecule has 0 aliphatic rings. The van der Waals surface area contributed by atoms with E-state index in [-0.39, 0.29) is 6.54 Å². The van der Waals surface area contributed by atoms with Gasteiger partial charge in [-0.15, -0.1) is 0 Å². The highest BCUT2D eigenvalue weighted by Crippen LogP contribution is 1.97. The summed E-state index contributed by atoms with van der Waals surface area (Å²) in [4.78, 5) is 9.78. The SMILES string of the molecule is [B]c1ccc(CN=O)cc1. The average Bonchev–Trinajstić information content (AvgIpc) is 1.95. The molecular weight excluding hydrogens is 125 g/mol. The minimum atomic E-state index is 0.222. The van der Waals surface area contributed by atoms with Crippen molar-refractivity contribution < 1.29 is 0 Å². The third kappa shape index (κ3) is 1.69. The Morgan fingerprint density at radius 2 is 1.90 bits per heavy atom. The third-order valence-electron chi connectivity index (χ3n) is 1.23. The predicted octanol–water partition coefficient (Wildman–Crippen LogP) is 0.747. The van der Waals surface area contributed by atoms with Crippen molar-refractivity contribution in [2.45, 2.75) is 6.54 Å². The van der Waals surface area contributed by atoms with Crippen LogP contribution in [0.15, 0.2) is 29.4 Å². The van der Waals surface area contributed by atoms with E-state index in [0.29, 0.717) is 5.46 Å². The van der Waals surface area contributed by atoms with Crippen LogP contribution in [0, 0.1) is 4.91 Å². The summed E-state index contributed by atoms with van der Waals surface area (Å²) in [7, 11) is 5.41. The Morgan fingerprint density at radius 1 is 1.30 bits per heavy atom. The lowest BCUT2D eigenvalue weighted by molar-refractivity contribution is 1.06. The summed E-state index contributed by atoms with van der Waals surface area (Å²) in [5.41, 5.74) is 1.60. The van der Waals surface area contributed by atoms with E-state index < -0.39 is 0 Å². The zero-order valence-corrected chi connectivity index (χ0v) is 5.45. The smallest absolute Gasteiger partial charge is 0.113 e. The zero-order chi connectivity index (χ0) is 7.40. The van der Waals surface area contributed by atoms with Crippen LogP contribution in [0.4, 0.5) is 0 Å². The van der Waals surface area contributed by atoms with Gasteiger partial charge in [0.25, 0.3) is 0 Å². The van der Waals surface area contributed by atoms with Gasteiger partial charge in [-0.1, -0.05) is 34.9 Å². The maximum absolute atomic E-state index is 9.78. The van der Waals surface area contributed by atoms with Crippen molar-refractivity contribution in [1.29, 1.82) is 0 Å². The monoisotopic (exact) mass is 131 g/mol. The second-order valence-corrected chi connectivity index (χ2v) is 2.03. The Hall–Kier alpha value is -1.12. The lowest BCUT2D eigenvalue weighted by atomic mass is 9.95. The van der Waals surface area contributed by atoms with Crippen molar-refractivity contribution in [3.05, 3.63) is 34.7 Å². The topological polar surface area (TPSA) is 29.4 Å². The molecular formula is C7H6BNO. The molecule has 0 aromatic heterocycles. The van der Waals surface area contributed by atoms with Crippen LogP contribution in [0.1, 0.15) is 5.56 Å². The molecule has 3 heteroatoms. The molecule has 0 spiro atoms. The normalized spacial score (nSPS) is 9.20. The number of rotatable bonds is 2. The molecule has 0 bridgehead atoms. The predicted molar refractivity (Wildman–Crippen MR) is 41.3 cm³/mol. The standard InChI is InChI=1S/C7H6BNO/c8-7-3-1-6(2-4-7)5-9-10/h1-4H,5H2. The second kappa shape index (κ2) is 3.15. The van der Waals surface area contributed by atoms with E-state index in [1.54, 1.807) is 24.3 Å². The molecule has 0 N–H and O–H groups in total. The summed E-state index contributed by atoms with van der Waals surface area (Å²) >= 11 is 0. The van der Waals surface area contributed by atoms with Gasteiger partial charge in [0.15, 0.2) is 0 Å². The van der Waals surface area contributed by atoms with E-state index in [0.717, 1.165) is 5.56 Å². The maximum atomic E-state index is 9.78. The first-order valence-electron chi connectivity index (χ1n) is 2.96. The van der Waals surface area contributed by atoms with Gasteiger partial charge in [-0.2, -0.15) is 4.91 Å². The van der Waals surface area contributed by atoms with Crippen molar-refractivity contribution in [2.24, 2.45) is 5.18 Å². The summed E-state index contributed by atoms with van der Waals surface area (Å²) in [5, 5.41) is 2.74. The molecule has 10 heavy (non-hydrogen) atoms. The fourth-order valence-corrected chi connectivity index (χ4v) is 0.698. The molecule has 48 valence electrons. The van der Waals surface area contributed by atoms with Crippen LogP contribution in [-0.4, -0.2) is 7.85 Å². The molecule has 1 aromatic rings. The molecule has 0 atom stereocenters. The Bertz CT molecular complexity index is 220. The number of hydrogen-bond donors (Lipinski definition) is 0. The maximum Gasteiger partial charge on any atom is 0.113 e. The highest BCUT2D eigenvalue weighted by Gasteiger charge is 1.88. The third-order valence-corrected chi connectivity index (χ3v) is 1.23. The van der Waals surface area contributed by atoms with Gasteiger partial charge in [-0.25, -0.2) is 0 Å². The summed E-state index contributed by atoms with van der Waals surface area (Å²) < 4.78 is 0. The molecule has 0 fully saturated rings. The lowest BCUT2D eigenvalue weighted by Crippen LogP contribution is -1.99. The van der Waals surface area contributed by atoms with Crippen LogP contribution in [0.3, 0.4) is 0 Å². The summed E-state index contributed by atoms with van der Waals surface area (Å²) in [6.45, 7) is 0.222. The van der Waals surface area contributed by atoms with E-state index >= 15 is 0 Å². The van der Waals surface area contributed by atoms with Crippen molar-refractivity contribution >= 4 is 13.3 Å². The summed E-state index contributed by atoms with van der Waals surface area (Å²) in [6, 6.07) is 7.08. The Labute approximate surface area is 60.6 Å². The van der Waals surface area contributed by atoms with E-state index in [1.165, 1.54) is 0 Å². The van der Waals surface area contributed by atoms with E-state index in [1.807, 2.05) is 0 Å². The molecule has 0 unspecified atom stereocenters. The number of benzene rings is 1. The molecule has 1 rings (SSSR count). The van der Waals surface area contributed by atoms with Gasteiger partial charge in [-0.05, 0) is 5.56 Å². The first kappa shape index (κ1) is 7.00. The first-order chi connectivity index (χ1) is 4.83. The van der Waals surface area contributed by atoms with Gasteiger partial charge in [-0.3, -0.25) is 0 Å². The minimum absolute atomic E-state index is 0.222. The van der Waals surface area contributed by atoms with Crippen LogP contribution in [0.5, 0.6) is 0 Å². The van der Waals surface area contributed by atoms with Gasteiger partial charge < -0.3 is 0 Å². The van der Waals surface area contributed by atoms with Crippen LogP contribution in [-0.2, 0) is 6.54 Å². The number of nitroso groups, excluding NO2 is 1. The zero-order valence-electron chi connectivity index (χ0n) is 5.45. The number of nitrogens with zero attached hydrogens (tertiary/aromatic N) is 1. The van der Waals surface area contributed by atoms with E-state index in [2.05, 4.69) is 5.18 Å². The molecule has 0 aliphatic carbocycles. The van der Waals surface area contributed by atoms with Gasteiger partial charge in [0.05, 0.1) is 0 Å². The van der Waals surface area contributed by atoms with Gasteiger partial charge >= 0.3 is 0 Å². The van der Waals surface area contributed by atoms with Crippen LogP contribution in [0.2, 0.25) is 0 Å². The van der Waals surface area contributed by atoms with Gasteiger partial charge in [0, 0.05) is 0 Å². The lowest BCUT2D eigenvalue weighted by Gasteiger charge is -1.93. The van der Waals surface area contributed by atoms with Crippen molar-refractivity contribution in [3.8, 4) is 0 Å². The number of hydrogen-bond acceptors (Lipinski definition) is 2. The second-order valence-electron chi connectivity index (χ2n) is 2.03. The highest BCUT2D eigenvalue weighted by atomic mass is 16.3. The van der Waals surface area contributed by atoms with Gasteiger partial charge in [0.2, 0.25) is 0 Å². The quantitative estimate of drug-likeness (QED) is 0.430. The molecule has 0 aliphatic heterocycles. The van der Waals surface area contributed by atoms with Crippen molar-refractivity contribution in [1.82, 2.24) is 0 Å². The molecule has 1 aromatic carbocycles. The average molecular weight is 131 g/mol. The fourth-order valence-electron chi connectivity index (χ4n) is 0.698. The molecule has 0 amide bonds. The Morgan fingerprint density at radius 3 is 2.40 bits per heavy atom.